The third kappa shape index (κ3) is 5.89. The molecule has 4 heteroatoms. The number of aryl methyl sites for hydroxylation is 1. The van der Waals surface area contributed by atoms with Crippen molar-refractivity contribution >= 4 is 23.2 Å². The molecule has 0 aromatic heterocycles. The van der Waals surface area contributed by atoms with Gasteiger partial charge in [0.1, 0.15) is 0 Å². The van der Waals surface area contributed by atoms with Crippen LogP contribution in [-0.2, 0) is 4.79 Å². The van der Waals surface area contributed by atoms with Crippen LogP contribution >= 0.6 is 11.6 Å². The Hall–Kier alpha value is -2.26. The van der Waals surface area contributed by atoms with Crippen LogP contribution in [0.25, 0.3) is 0 Å². The van der Waals surface area contributed by atoms with Crippen LogP contribution in [0.1, 0.15) is 62.1 Å². The summed E-state index contributed by atoms with van der Waals surface area (Å²) in [7, 11) is 2.03. The van der Waals surface area contributed by atoms with Gasteiger partial charge in [-0.2, -0.15) is 0 Å². The molecule has 0 saturated heterocycles. The molecule has 0 heterocycles. The van der Waals surface area contributed by atoms with Crippen LogP contribution in [0.4, 0.5) is 5.69 Å². The molecular formula is C26H33ClN2O. The Morgan fingerprint density at radius 2 is 1.73 bits per heavy atom. The fourth-order valence-corrected chi connectivity index (χ4v) is 4.48. The molecule has 0 aliphatic heterocycles. The van der Waals surface area contributed by atoms with Gasteiger partial charge < -0.3 is 10.2 Å². The molecule has 1 aliphatic rings. The van der Waals surface area contributed by atoms with Gasteiger partial charge >= 0.3 is 0 Å². The number of nitrogens with zero attached hydrogens (tertiary/aromatic N) is 1. The first-order valence-corrected chi connectivity index (χ1v) is 11.4. The predicted molar refractivity (Wildman–Crippen MR) is 127 cm³/mol. The number of rotatable bonds is 7. The number of nitrogens with one attached hydrogen (secondary N) is 1. The monoisotopic (exact) mass is 424 g/mol. The first-order valence-electron chi connectivity index (χ1n) is 11.0. The maximum Gasteiger partial charge on any atom is 0.246 e. The molecule has 1 saturated carbocycles. The zero-order valence-electron chi connectivity index (χ0n) is 18.2. The number of benzene rings is 2. The lowest BCUT2D eigenvalue weighted by atomic mass is 9.96. The van der Waals surface area contributed by atoms with Crippen LogP contribution in [0.5, 0.6) is 0 Å². The molecule has 1 amide bonds. The summed E-state index contributed by atoms with van der Waals surface area (Å²) >= 11 is 6.48. The van der Waals surface area contributed by atoms with E-state index in [1.807, 2.05) is 31.3 Å². The minimum atomic E-state index is -0.0297. The minimum absolute atomic E-state index is 0.0217. The average Bonchev–Trinajstić information content (AvgIpc) is 3.01. The van der Waals surface area contributed by atoms with Gasteiger partial charge in [0.15, 0.2) is 0 Å². The van der Waals surface area contributed by atoms with Gasteiger partial charge in [0.2, 0.25) is 5.91 Å². The highest BCUT2D eigenvalue weighted by molar-refractivity contribution is 6.33. The fraction of sp³-hybridized carbons (Fsp3) is 0.423. The molecule has 0 radical (unpaired) electrons. The van der Waals surface area contributed by atoms with Gasteiger partial charge in [0.25, 0.3) is 0 Å². The number of anilines is 1. The zero-order chi connectivity index (χ0) is 21.5. The van der Waals surface area contributed by atoms with Crippen LogP contribution in [0.3, 0.4) is 0 Å². The second-order valence-corrected chi connectivity index (χ2v) is 8.87. The molecule has 1 aliphatic carbocycles. The van der Waals surface area contributed by atoms with Gasteiger partial charge in [0.05, 0.1) is 16.8 Å². The molecular weight excluding hydrogens is 392 g/mol. The SMILES string of the molecule is C=C(CC(c1ccc(C)cc1)N(C)c1ccccc1Cl)C(=O)NC1CCCCCC1. The van der Waals surface area contributed by atoms with Gasteiger partial charge in [-0.1, -0.05) is 85.8 Å². The van der Waals surface area contributed by atoms with Crippen LogP contribution < -0.4 is 10.2 Å². The summed E-state index contributed by atoms with van der Waals surface area (Å²) in [4.78, 5) is 15.1. The summed E-state index contributed by atoms with van der Waals surface area (Å²) in [5.74, 6) is -0.0217. The molecule has 2 aromatic carbocycles. The fourth-order valence-electron chi connectivity index (χ4n) is 4.21. The molecule has 3 rings (SSSR count). The third-order valence-electron chi connectivity index (χ3n) is 6.11. The molecule has 160 valence electrons. The van der Waals surface area contributed by atoms with Crippen LogP contribution in [-0.4, -0.2) is 19.0 Å². The van der Waals surface area contributed by atoms with E-state index < -0.39 is 0 Å². The zero-order valence-corrected chi connectivity index (χ0v) is 18.9. The number of carbonyl (C=O) groups excluding carboxylic acids is 1. The van der Waals surface area contributed by atoms with E-state index in [2.05, 4.69) is 48.0 Å². The van der Waals surface area contributed by atoms with Gasteiger partial charge in [0, 0.05) is 25.1 Å². The molecule has 3 nitrogen and oxygen atoms in total. The van der Waals surface area contributed by atoms with Gasteiger partial charge in [-0.15, -0.1) is 0 Å². The van der Waals surface area contributed by atoms with Crippen molar-refractivity contribution in [3.05, 3.63) is 76.8 Å². The number of para-hydroxylation sites is 1. The Bertz CT molecular complexity index is 854. The first-order chi connectivity index (χ1) is 14.5. The van der Waals surface area contributed by atoms with Gasteiger partial charge in [-0.25, -0.2) is 0 Å². The van der Waals surface area contributed by atoms with E-state index in [9.17, 15) is 4.79 Å². The summed E-state index contributed by atoms with van der Waals surface area (Å²) in [5, 5.41) is 3.93. The summed E-state index contributed by atoms with van der Waals surface area (Å²) < 4.78 is 0. The molecule has 2 aromatic rings. The van der Waals surface area contributed by atoms with Gasteiger partial charge in [-0.05, 0) is 37.5 Å². The van der Waals surface area contributed by atoms with Crippen molar-refractivity contribution in [3.63, 3.8) is 0 Å². The van der Waals surface area contributed by atoms with Crippen LogP contribution in [0, 0.1) is 6.92 Å². The Morgan fingerprint density at radius 3 is 2.37 bits per heavy atom. The lowest BCUT2D eigenvalue weighted by Gasteiger charge is -2.32. The Morgan fingerprint density at radius 1 is 1.10 bits per heavy atom. The van der Waals surface area contributed by atoms with E-state index in [1.165, 1.54) is 31.2 Å². The average molecular weight is 425 g/mol. The molecule has 1 atom stereocenters. The number of hydrogen-bond acceptors (Lipinski definition) is 2. The predicted octanol–water partition coefficient (Wildman–Crippen LogP) is 6.61. The topological polar surface area (TPSA) is 32.3 Å². The Balaban J connectivity index is 1.77. The summed E-state index contributed by atoms with van der Waals surface area (Å²) in [6.45, 7) is 6.23. The van der Waals surface area contributed by atoms with Crippen molar-refractivity contribution in [2.75, 3.05) is 11.9 Å². The lowest BCUT2D eigenvalue weighted by Crippen LogP contribution is -2.36. The normalized spacial score (nSPS) is 15.8. The maximum atomic E-state index is 12.9. The van der Waals surface area contributed by atoms with Crippen LogP contribution in [0.15, 0.2) is 60.7 Å². The third-order valence-corrected chi connectivity index (χ3v) is 6.43. The number of halogens is 1. The molecule has 1 unspecified atom stereocenters. The largest absolute Gasteiger partial charge is 0.366 e. The lowest BCUT2D eigenvalue weighted by molar-refractivity contribution is -0.118. The van der Waals surface area contributed by atoms with E-state index >= 15 is 0 Å². The quantitative estimate of drug-likeness (QED) is 0.400. The Labute approximate surface area is 186 Å². The highest BCUT2D eigenvalue weighted by Gasteiger charge is 2.24. The molecule has 1 fully saturated rings. The Kier molecular flexibility index (Phi) is 7.98. The number of hydrogen-bond donors (Lipinski definition) is 1. The van der Waals surface area contributed by atoms with Crippen molar-refractivity contribution in [2.45, 2.75) is 64.0 Å². The minimum Gasteiger partial charge on any atom is -0.366 e. The number of amides is 1. The van der Waals surface area contributed by atoms with Crippen molar-refractivity contribution in [3.8, 4) is 0 Å². The van der Waals surface area contributed by atoms with E-state index in [-0.39, 0.29) is 18.0 Å². The van der Waals surface area contributed by atoms with E-state index in [0.29, 0.717) is 17.0 Å². The highest BCUT2D eigenvalue weighted by Crippen LogP contribution is 2.34. The van der Waals surface area contributed by atoms with Crippen molar-refractivity contribution in [1.29, 1.82) is 0 Å². The molecule has 0 spiro atoms. The van der Waals surface area contributed by atoms with Crippen molar-refractivity contribution in [2.24, 2.45) is 0 Å². The van der Waals surface area contributed by atoms with Gasteiger partial charge in [-0.3, -0.25) is 4.79 Å². The highest BCUT2D eigenvalue weighted by atomic mass is 35.5. The second kappa shape index (κ2) is 10.7. The summed E-state index contributed by atoms with van der Waals surface area (Å²) in [6.07, 6.45) is 7.61. The first kappa shape index (κ1) is 22.4. The molecule has 30 heavy (non-hydrogen) atoms. The van der Waals surface area contributed by atoms with Crippen molar-refractivity contribution < 1.29 is 4.79 Å². The number of carbonyl (C=O) groups is 1. The smallest absolute Gasteiger partial charge is 0.246 e. The summed E-state index contributed by atoms with van der Waals surface area (Å²) in [5.41, 5.74) is 3.92. The second-order valence-electron chi connectivity index (χ2n) is 8.46. The molecule has 0 bridgehead atoms. The molecule has 1 N–H and O–H groups in total. The van der Waals surface area contributed by atoms with E-state index in [4.69, 9.17) is 11.6 Å². The van der Waals surface area contributed by atoms with E-state index in [0.717, 1.165) is 24.1 Å². The standard InChI is InChI=1S/C26H33ClN2O/c1-19-14-16-21(17-15-19)25(29(3)24-13-9-8-12-23(24)27)18-20(2)26(30)28-22-10-6-4-5-7-11-22/h8-9,12-17,22,25H,2,4-7,10-11,18H2,1,3H3,(H,28,30). The van der Waals surface area contributed by atoms with Crippen LogP contribution in [0.2, 0.25) is 5.02 Å². The maximum absolute atomic E-state index is 12.9. The van der Waals surface area contributed by atoms with Crippen molar-refractivity contribution in [1.82, 2.24) is 5.32 Å². The summed E-state index contributed by atoms with van der Waals surface area (Å²) in [6, 6.07) is 16.5. The van der Waals surface area contributed by atoms with E-state index in [1.54, 1.807) is 0 Å².